The fraction of sp³-hybridized carbons (Fsp3) is 0.154. The highest BCUT2D eigenvalue weighted by molar-refractivity contribution is 5.56. The van der Waals surface area contributed by atoms with Crippen molar-refractivity contribution in [1.82, 2.24) is 4.98 Å². The molecule has 1 aromatic carbocycles. The van der Waals surface area contributed by atoms with Gasteiger partial charge in [-0.1, -0.05) is 12.1 Å². The van der Waals surface area contributed by atoms with Gasteiger partial charge >= 0.3 is 5.69 Å². The van der Waals surface area contributed by atoms with Crippen LogP contribution in [0.4, 0.5) is 24.7 Å². The number of rotatable bonds is 5. The lowest BCUT2D eigenvalue weighted by Gasteiger charge is -2.17. The van der Waals surface area contributed by atoms with Gasteiger partial charge in [0.15, 0.2) is 5.82 Å². The molecule has 1 atom stereocenters. The number of halogens is 3. The van der Waals surface area contributed by atoms with Crippen molar-refractivity contribution in [1.29, 1.82) is 0 Å². The highest BCUT2D eigenvalue weighted by atomic mass is 19.2. The van der Waals surface area contributed by atoms with E-state index in [1.165, 1.54) is 12.1 Å². The Morgan fingerprint density at radius 1 is 1.27 bits per heavy atom. The largest absolute Gasteiger partial charge is 0.394 e. The second kappa shape index (κ2) is 6.39. The summed E-state index contributed by atoms with van der Waals surface area (Å²) < 4.78 is 39.1. The first-order valence-electron chi connectivity index (χ1n) is 6.05. The predicted octanol–water partition coefficient (Wildman–Crippen LogP) is 2.55. The molecule has 0 saturated carbocycles. The molecule has 6 nitrogen and oxygen atoms in total. The normalized spacial score (nSPS) is 12.0. The van der Waals surface area contributed by atoms with Gasteiger partial charge in [0.1, 0.15) is 5.82 Å². The third kappa shape index (κ3) is 3.31. The first-order chi connectivity index (χ1) is 10.4. The molecule has 1 aromatic heterocycles. The molecule has 9 heteroatoms. The van der Waals surface area contributed by atoms with Gasteiger partial charge in [-0.25, -0.2) is 8.78 Å². The van der Waals surface area contributed by atoms with Crippen LogP contribution in [-0.2, 0) is 0 Å². The molecular weight excluding hydrogens is 303 g/mol. The molecule has 2 rings (SSSR count). The Labute approximate surface area is 122 Å². The van der Waals surface area contributed by atoms with E-state index in [-0.39, 0.29) is 0 Å². The van der Waals surface area contributed by atoms with Crippen molar-refractivity contribution in [3.8, 4) is 0 Å². The number of hydrogen-bond acceptors (Lipinski definition) is 5. The van der Waals surface area contributed by atoms with Crippen molar-refractivity contribution in [2.24, 2.45) is 0 Å². The minimum atomic E-state index is -1.51. The lowest BCUT2D eigenvalue weighted by atomic mass is 10.1. The molecular formula is C13H10F3N3O3. The van der Waals surface area contributed by atoms with Crippen LogP contribution < -0.4 is 5.32 Å². The molecule has 22 heavy (non-hydrogen) atoms. The number of aliphatic hydroxyl groups excluding tert-OH is 1. The van der Waals surface area contributed by atoms with E-state index in [9.17, 15) is 28.4 Å². The van der Waals surface area contributed by atoms with Crippen molar-refractivity contribution in [3.63, 3.8) is 0 Å². The minimum Gasteiger partial charge on any atom is -0.394 e. The first-order valence-corrected chi connectivity index (χ1v) is 6.05. The predicted molar refractivity (Wildman–Crippen MR) is 70.7 cm³/mol. The average molecular weight is 313 g/mol. The fourth-order valence-corrected chi connectivity index (χ4v) is 1.80. The van der Waals surface area contributed by atoms with Crippen LogP contribution in [0.25, 0.3) is 0 Å². The second-order valence-electron chi connectivity index (χ2n) is 4.32. The summed E-state index contributed by atoms with van der Waals surface area (Å²) in [5, 5.41) is 22.7. The molecule has 0 aliphatic heterocycles. The maximum absolute atomic E-state index is 13.2. The van der Waals surface area contributed by atoms with Gasteiger partial charge in [-0.15, -0.1) is 0 Å². The van der Waals surface area contributed by atoms with Gasteiger partial charge in [0.2, 0.25) is 5.82 Å². The zero-order valence-electron chi connectivity index (χ0n) is 11.0. The smallest absolute Gasteiger partial charge is 0.314 e. The molecule has 0 saturated heterocycles. The topological polar surface area (TPSA) is 88.3 Å². The Morgan fingerprint density at radius 3 is 2.45 bits per heavy atom. The second-order valence-corrected chi connectivity index (χ2v) is 4.32. The number of nitro groups is 1. The van der Waals surface area contributed by atoms with Gasteiger partial charge < -0.3 is 10.4 Å². The SMILES string of the molecule is O=[N+]([O-])c1cc(F)c(F)nc1NC(CO)c1ccc(F)cc1. The number of nitrogens with one attached hydrogen (secondary N) is 1. The fourth-order valence-electron chi connectivity index (χ4n) is 1.80. The number of benzene rings is 1. The summed E-state index contributed by atoms with van der Waals surface area (Å²) in [6.07, 6.45) is 0. The van der Waals surface area contributed by atoms with Crippen LogP contribution in [0, 0.1) is 27.7 Å². The molecule has 2 N–H and O–H groups in total. The summed E-state index contributed by atoms with van der Waals surface area (Å²) in [6.45, 7) is -0.524. The number of aliphatic hydroxyl groups is 1. The maximum atomic E-state index is 13.2. The van der Waals surface area contributed by atoms with E-state index in [2.05, 4.69) is 10.3 Å². The molecule has 0 spiro atoms. The summed E-state index contributed by atoms with van der Waals surface area (Å²) >= 11 is 0. The summed E-state index contributed by atoms with van der Waals surface area (Å²) in [5.74, 6) is -4.01. The molecule has 2 aromatic rings. The molecule has 1 unspecified atom stereocenters. The van der Waals surface area contributed by atoms with Crippen molar-refractivity contribution >= 4 is 11.5 Å². The van der Waals surface area contributed by atoms with Gasteiger partial charge in [0.25, 0.3) is 5.95 Å². The van der Waals surface area contributed by atoms with E-state index in [1.54, 1.807) is 0 Å². The molecule has 0 amide bonds. The van der Waals surface area contributed by atoms with Crippen molar-refractivity contribution < 1.29 is 23.2 Å². The number of hydrogen-bond donors (Lipinski definition) is 2. The molecule has 0 fully saturated rings. The van der Waals surface area contributed by atoms with Crippen molar-refractivity contribution in [3.05, 3.63) is 63.6 Å². The number of pyridine rings is 1. The Balaban J connectivity index is 2.37. The zero-order chi connectivity index (χ0) is 16.3. The minimum absolute atomic E-state index is 0.393. The number of anilines is 1. The molecule has 0 aliphatic rings. The average Bonchev–Trinajstić information content (AvgIpc) is 2.48. The van der Waals surface area contributed by atoms with E-state index in [4.69, 9.17) is 0 Å². The molecule has 0 radical (unpaired) electrons. The van der Waals surface area contributed by atoms with Gasteiger partial charge in [0, 0.05) is 0 Å². The Hall–Kier alpha value is -2.68. The number of nitrogens with zero attached hydrogens (tertiary/aromatic N) is 2. The Morgan fingerprint density at radius 2 is 1.91 bits per heavy atom. The summed E-state index contributed by atoms with van der Waals surface area (Å²) in [4.78, 5) is 13.1. The monoisotopic (exact) mass is 313 g/mol. The van der Waals surface area contributed by atoms with Crippen LogP contribution in [-0.4, -0.2) is 21.6 Å². The maximum Gasteiger partial charge on any atom is 0.314 e. The van der Waals surface area contributed by atoms with E-state index >= 15 is 0 Å². The standard InChI is InChI=1S/C13H10F3N3O3/c14-8-3-1-7(2-4-8)10(6-20)17-13-11(19(21)22)5-9(15)12(16)18-13/h1-5,10,20H,6H2,(H,17,18). The molecule has 0 bridgehead atoms. The van der Waals surface area contributed by atoms with E-state index in [1.807, 2.05) is 0 Å². The highest BCUT2D eigenvalue weighted by Gasteiger charge is 2.23. The number of aromatic nitrogens is 1. The summed E-state index contributed by atoms with van der Waals surface area (Å²) in [6, 6.07) is 4.43. The lowest BCUT2D eigenvalue weighted by Crippen LogP contribution is -2.17. The summed E-state index contributed by atoms with van der Waals surface area (Å²) in [7, 11) is 0. The van der Waals surface area contributed by atoms with Crippen molar-refractivity contribution in [2.75, 3.05) is 11.9 Å². The highest BCUT2D eigenvalue weighted by Crippen LogP contribution is 2.27. The van der Waals surface area contributed by atoms with Crippen LogP contribution in [0.1, 0.15) is 11.6 Å². The van der Waals surface area contributed by atoms with Crippen LogP contribution >= 0.6 is 0 Å². The zero-order valence-corrected chi connectivity index (χ0v) is 11.0. The first kappa shape index (κ1) is 15.7. The summed E-state index contributed by atoms with van der Waals surface area (Å²) in [5.41, 5.74) is -0.385. The van der Waals surface area contributed by atoms with Gasteiger partial charge in [-0.2, -0.15) is 9.37 Å². The van der Waals surface area contributed by atoms with Gasteiger partial charge in [-0.05, 0) is 17.7 Å². The Bertz CT molecular complexity index is 695. The molecule has 116 valence electrons. The van der Waals surface area contributed by atoms with Crippen LogP contribution in [0.3, 0.4) is 0 Å². The third-order valence-electron chi connectivity index (χ3n) is 2.88. The van der Waals surface area contributed by atoms with Crippen molar-refractivity contribution in [2.45, 2.75) is 6.04 Å². The third-order valence-corrected chi connectivity index (χ3v) is 2.88. The Kier molecular flexibility index (Phi) is 4.56. The van der Waals surface area contributed by atoms with E-state index in [0.717, 1.165) is 12.1 Å². The lowest BCUT2D eigenvalue weighted by molar-refractivity contribution is -0.384. The van der Waals surface area contributed by atoms with Crippen LogP contribution in [0.15, 0.2) is 30.3 Å². The van der Waals surface area contributed by atoms with E-state index in [0.29, 0.717) is 11.6 Å². The van der Waals surface area contributed by atoms with Gasteiger partial charge in [-0.3, -0.25) is 10.1 Å². The van der Waals surface area contributed by atoms with Crippen LogP contribution in [0.5, 0.6) is 0 Å². The molecule has 0 aliphatic carbocycles. The van der Waals surface area contributed by atoms with E-state index < -0.39 is 46.7 Å². The van der Waals surface area contributed by atoms with Gasteiger partial charge in [0.05, 0.1) is 23.6 Å². The molecule has 1 heterocycles. The quantitative estimate of drug-likeness (QED) is 0.503. The van der Waals surface area contributed by atoms with Crippen LogP contribution in [0.2, 0.25) is 0 Å².